The molecule has 2 unspecified atom stereocenters. The Bertz CT molecular complexity index is 656. The average Bonchev–Trinajstić information content (AvgIpc) is 2.57. The lowest BCUT2D eigenvalue weighted by Crippen LogP contribution is -3.16. The fourth-order valence-corrected chi connectivity index (χ4v) is 4.68. The minimum absolute atomic E-state index is 0.00397. The van der Waals surface area contributed by atoms with Gasteiger partial charge in [0.25, 0.3) is 0 Å². The summed E-state index contributed by atoms with van der Waals surface area (Å²) in [4.78, 5) is 13.5. The quantitative estimate of drug-likeness (QED) is 0.717. The molecule has 1 aliphatic heterocycles. The van der Waals surface area contributed by atoms with Crippen molar-refractivity contribution in [3.8, 4) is 0 Å². The number of likely N-dealkylation sites (tertiary alicyclic amines) is 1. The first-order chi connectivity index (χ1) is 11.9. The molecule has 1 saturated heterocycles. The van der Waals surface area contributed by atoms with E-state index in [-0.39, 0.29) is 23.8 Å². The summed E-state index contributed by atoms with van der Waals surface area (Å²) in [5.74, 6) is -0.271. The van der Waals surface area contributed by atoms with Crippen molar-refractivity contribution in [1.82, 2.24) is 5.32 Å². The molecule has 140 valence electrons. The number of carbonyl (C=O) groups excluding carboxylic acids is 1. The van der Waals surface area contributed by atoms with Gasteiger partial charge in [0.15, 0.2) is 9.84 Å². The Hall–Kier alpha value is -1.40. The predicted molar refractivity (Wildman–Crippen MR) is 100 cm³/mol. The molecule has 0 radical (unpaired) electrons. The maximum absolute atomic E-state index is 12.2. The van der Waals surface area contributed by atoms with Crippen molar-refractivity contribution >= 4 is 15.7 Å². The van der Waals surface area contributed by atoms with Crippen molar-refractivity contribution in [1.29, 1.82) is 0 Å². The summed E-state index contributed by atoms with van der Waals surface area (Å²) in [6.07, 6.45) is 3.85. The fourth-order valence-electron chi connectivity index (χ4n) is 3.33. The average molecular weight is 368 g/mol. The number of amides is 1. The molecule has 0 aliphatic carbocycles. The summed E-state index contributed by atoms with van der Waals surface area (Å²) >= 11 is 0. The first-order valence-electron chi connectivity index (χ1n) is 9.23. The number of benzene rings is 1. The van der Waals surface area contributed by atoms with E-state index in [1.54, 1.807) is 4.90 Å². The fraction of sp³-hybridized carbons (Fsp3) is 0.632. The van der Waals surface area contributed by atoms with E-state index in [0.717, 1.165) is 17.7 Å². The molecule has 0 aromatic heterocycles. The zero-order valence-corrected chi connectivity index (χ0v) is 16.2. The molecule has 1 fully saturated rings. The third-order valence-corrected chi connectivity index (χ3v) is 6.60. The molecule has 0 saturated carbocycles. The standard InChI is InChI=1S/C19H30N2O3S/c1-16-6-8-18(9-7-16)15-25(23,24)14-10-19(22)20-11-13-21-12-4-3-5-17(21)2/h6-9,17H,3-5,10-15H2,1-2H3,(H,20,22)/p+1. The summed E-state index contributed by atoms with van der Waals surface area (Å²) in [6.45, 7) is 6.93. The number of aryl methyl sites for hydroxylation is 1. The van der Waals surface area contributed by atoms with Gasteiger partial charge < -0.3 is 10.2 Å². The summed E-state index contributed by atoms with van der Waals surface area (Å²) in [5.41, 5.74) is 1.87. The van der Waals surface area contributed by atoms with Gasteiger partial charge >= 0.3 is 0 Å². The normalized spacial score (nSPS) is 21.0. The monoisotopic (exact) mass is 367 g/mol. The van der Waals surface area contributed by atoms with Gasteiger partial charge in [0.1, 0.15) is 0 Å². The SMILES string of the molecule is Cc1ccc(CS(=O)(=O)CCC(=O)NCC[NH+]2CCCCC2C)cc1. The highest BCUT2D eigenvalue weighted by molar-refractivity contribution is 7.90. The lowest BCUT2D eigenvalue weighted by atomic mass is 10.0. The lowest BCUT2D eigenvalue weighted by Gasteiger charge is -2.30. The minimum Gasteiger partial charge on any atom is -0.350 e. The van der Waals surface area contributed by atoms with Gasteiger partial charge in [0.2, 0.25) is 5.91 Å². The van der Waals surface area contributed by atoms with Crippen LogP contribution in [0.15, 0.2) is 24.3 Å². The van der Waals surface area contributed by atoms with Crippen LogP contribution in [-0.4, -0.2) is 45.8 Å². The van der Waals surface area contributed by atoms with Gasteiger partial charge in [-0.25, -0.2) is 8.42 Å². The summed E-state index contributed by atoms with van der Waals surface area (Å²) in [5, 5.41) is 2.87. The van der Waals surface area contributed by atoms with Crippen molar-refractivity contribution in [3.63, 3.8) is 0 Å². The van der Waals surface area contributed by atoms with Crippen LogP contribution in [0.3, 0.4) is 0 Å². The Morgan fingerprint density at radius 3 is 2.64 bits per heavy atom. The van der Waals surface area contributed by atoms with Crippen LogP contribution in [0.25, 0.3) is 0 Å². The number of hydrogen-bond acceptors (Lipinski definition) is 3. The third kappa shape index (κ3) is 7.16. The molecule has 1 aromatic carbocycles. The van der Waals surface area contributed by atoms with Crippen molar-refractivity contribution < 1.29 is 18.1 Å². The van der Waals surface area contributed by atoms with Gasteiger partial charge in [-0.05, 0) is 38.7 Å². The van der Waals surface area contributed by atoms with Gasteiger partial charge in [0, 0.05) is 6.42 Å². The van der Waals surface area contributed by atoms with Gasteiger partial charge in [-0.3, -0.25) is 4.79 Å². The van der Waals surface area contributed by atoms with Crippen LogP contribution < -0.4 is 10.2 Å². The molecule has 0 spiro atoms. The number of sulfone groups is 1. The van der Waals surface area contributed by atoms with E-state index in [9.17, 15) is 13.2 Å². The highest BCUT2D eigenvalue weighted by Crippen LogP contribution is 2.09. The topological polar surface area (TPSA) is 67.7 Å². The Balaban J connectivity index is 1.68. The molecule has 6 heteroatoms. The summed E-state index contributed by atoms with van der Waals surface area (Å²) < 4.78 is 24.3. The van der Waals surface area contributed by atoms with Crippen molar-refractivity contribution in [3.05, 3.63) is 35.4 Å². The summed E-state index contributed by atoms with van der Waals surface area (Å²) in [6, 6.07) is 8.12. The number of nitrogens with one attached hydrogen (secondary N) is 2. The molecule has 2 rings (SSSR count). The van der Waals surface area contributed by atoms with Crippen LogP contribution in [0.1, 0.15) is 43.7 Å². The largest absolute Gasteiger partial charge is 0.350 e. The van der Waals surface area contributed by atoms with Crippen LogP contribution in [0.4, 0.5) is 0 Å². The molecule has 5 nitrogen and oxygen atoms in total. The van der Waals surface area contributed by atoms with Crippen LogP contribution in [0, 0.1) is 6.92 Å². The van der Waals surface area contributed by atoms with E-state index in [2.05, 4.69) is 12.2 Å². The van der Waals surface area contributed by atoms with E-state index < -0.39 is 9.84 Å². The van der Waals surface area contributed by atoms with Crippen LogP contribution in [0.2, 0.25) is 0 Å². The second-order valence-electron chi connectivity index (χ2n) is 7.23. The van der Waals surface area contributed by atoms with E-state index in [0.29, 0.717) is 12.6 Å². The highest BCUT2D eigenvalue weighted by Gasteiger charge is 2.21. The van der Waals surface area contributed by atoms with Crippen molar-refractivity contribution in [2.45, 2.75) is 51.3 Å². The van der Waals surface area contributed by atoms with Crippen molar-refractivity contribution in [2.75, 3.05) is 25.4 Å². The Morgan fingerprint density at radius 2 is 1.96 bits per heavy atom. The first kappa shape index (κ1) is 19.9. The number of hydrogen-bond donors (Lipinski definition) is 2. The van der Waals surface area contributed by atoms with Gasteiger partial charge in [-0.1, -0.05) is 29.8 Å². The maximum Gasteiger partial charge on any atom is 0.221 e. The van der Waals surface area contributed by atoms with Crippen molar-refractivity contribution in [2.24, 2.45) is 0 Å². The highest BCUT2D eigenvalue weighted by atomic mass is 32.2. The molecular formula is C19H31N2O3S+. The molecule has 2 atom stereocenters. The molecular weight excluding hydrogens is 336 g/mol. The Morgan fingerprint density at radius 1 is 1.24 bits per heavy atom. The lowest BCUT2D eigenvalue weighted by molar-refractivity contribution is -0.927. The van der Waals surface area contributed by atoms with Crippen LogP contribution >= 0.6 is 0 Å². The number of carbonyl (C=O) groups is 1. The van der Waals surface area contributed by atoms with Crippen LogP contribution in [0.5, 0.6) is 0 Å². The number of piperidine rings is 1. The molecule has 1 aromatic rings. The molecule has 2 N–H and O–H groups in total. The van der Waals surface area contributed by atoms with Gasteiger partial charge in [0.05, 0.1) is 37.2 Å². The number of quaternary nitrogens is 1. The van der Waals surface area contributed by atoms with E-state index in [1.807, 2.05) is 31.2 Å². The van der Waals surface area contributed by atoms with E-state index >= 15 is 0 Å². The summed E-state index contributed by atoms with van der Waals surface area (Å²) in [7, 11) is -3.26. The smallest absolute Gasteiger partial charge is 0.221 e. The zero-order valence-electron chi connectivity index (χ0n) is 15.4. The van der Waals surface area contributed by atoms with E-state index in [1.165, 1.54) is 25.8 Å². The number of rotatable bonds is 8. The molecule has 0 bridgehead atoms. The van der Waals surface area contributed by atoms with Crippen LogP contribution in [-0.2, 0) is 20.4 Å². The van der Waals surface area contributed by atoms with Gasteiger partial charge in [-0.2, -0.15) is 0 Å². The maximum atomic E-state index is 12.2. The predicted octanol–water partition coefficient (Wildman–Crippen LogP) is 0.873. The molecule has 1 amide bonds. The molecule has 25 heavy (non-hydrogen) atoms. The molecule has 1 aliphatic rings. The minimum atomic E-state index is -3.26. The zero-order chi connectivity index (χ0) is 18.3. The first-order valence-corrected chi connectivity index (χ1v) is 11.0. The van der Waals surface area contributed by atoms with E-state index in [4.69, 9.17) is 0 Å². The third-order valence-electron chi connectivity index (χ3n) is 5.00. The Labute approximate surface area is 151 Å². The Kier molecular flexibility index (Phi) is 7.44. The second-order valence-corrected chi connectivity index (χ2v) is 9.42. The molecule has 1 heterocycles. The second kappa shape index (κ2) is 9.34. The van der Waals surface area contributed by atoms with Gasteiger partial charge in [-0.15, -0.1) is 0 Å².